The van der Waals surface area contributed by atoms with E-state index < -0.39 is 0 Å². The molecular weight excluding hydrogens is 362 g/mol. The van der Waals surface area contributed by atoms with Crippen molar-refractivity contribution in [1.29, 1.82) is 0 Å². The summed E-state index contributed by atoms with van der Waals surface area (Å²) < 4.78 is 5.81. The SMILES string of the molecule is CN1CCN(C(=O)c2ccc(OCc3cccnc3)cc2)[C@@H](c2ccccc2)C1. The first-order valence-corrected chi connectivity index (χ1v) is 9.87. The monoisotopic (exact) mass is 387 g/mol. The van der Waals surface area contributed by atoms with Gasteiger partial charge in [-0.2, -0.15) is 0 Å². The molecule has 1 aliphatic rings. The molecule has 148 valence electrons. The van der Waals surface area contributed by atoms with Crippen LogP contribution in [0.4, 0.5) is 0 Å². The van der Waals surface area contributed by atoms with Crippen LogP contribution in [0.25, 0.3) is 0 Å². The number of amides is 1. The van der Waals surface area contributed by atoms with E-state index >= 15 is 0 Å². The molecule has 0 bridgehead atoms. The summed E-state index contributed by atoms with van der Waals surface area (Å²) >= 11 is 0. The van der Waals surface area contributed by atoms with E-state index in [4.69, 9.17) is 4.74 Å². The van der Waals surface area contributed by atoms with E-state index in [1.54, 1.807) is 12.4 Å². The summed E-state index contributed by atoms with van der Waals surface area (Å²) in [5.41, 5.74) is 2.86. The fraction of sp³-hybridized carbons (Fsp3) is 0.250. The average Bonchev–Trinajstić information content (AvgIpc) is 2.79. The maximum Gasteiger partial charge on any atom is 0.254 e. The minimum absolute atomic E-state index is 0.0592. The van der Waals surface area contributed by atoms with Crippen LogP contribution in [0.3, 0.4) is 0 Å². The van der Waals surface area contributed by atoms with Crippen LogP contribution in [0.15, 0.2) is 79.1 Å². The number of hydrogen-bond acceptors (Lipinski definition) is 4. The molecule has 2 heterocycles. The van der Waals surface area contributed by atoms with Crippen molar-refractivity contribution in [2.45, 2.75) is 12.6 Å². The lowest BCUT2D eigenvalue weighted by atomic mass is 10.0. The Morgan fingerprint density at radius 2 is 1.83 bits per heavy atom. The summed E-state index contributed by atoms with van der Waals surface area (Å²) in [5, 5.41) is 0. The van der Waals surface area contributed by atoms with Gasteiger partial charge in [-0.05, 0) is 42.9 Å². The van der Waals surface area contributed by atoms with Gasteiger partial charge in [0.15, 0.2) is 0 Å². The molecule has 1 aliphatic heterocycles. The van der Waals surface area contributed by atoms with Crippen LogP contribution in [0.1, 0.15) is 27.5 Å². The van der Waals surface area contributed by atoms with Crippen LogP contribution in [-0.2, 0) is 6.61 Å². The van der Waals surface area contributed by atoms with Crippen molar-refractivity contribution >= 4 is 5.91 Å². The van der Waals surface area contributed by atoms with Crippen molar-refractivity contribution in [3.63, 3.8) is 0 Å². The van der Waals surface area contributed by atoms with Gasteiger partial charge in [-0.15, -0.1) is 0 Å². The van der Waals surface area contributed by atoms with E-state index in [-0.39, 0.29) is 11.9 Å². The summed E-state index contributed by atoms with van der Waals surface area (Å²) in [5.74, 6) is 0.800. The Kier molecular flexibility index (Phi) is 5.86. The first-order valence-electron chi connectivity index (χ1n) is 9.87. The third kappa shape index (κ3) is 4.63. The first-order chi connectivity index (χ1) is 14.2. The number of aromatic nitrogens is 1. The minimum atomic E-state index is 0.0592. The first kappa shape index (κ1) is 19.2. The molecule has 0 spiro atoms. The predicted molar refractivity (Wildman–Crippen MR) is 113 cm³/mol. The highest BCUT2D eigenvalue weighted by atomic mass is 16.5. The quantitative estimate of drug-likeness (QED) is 0.668. The smallest absolute Gasteiger partial charge is 0.254 e. The number of ether oxygens (including phenoxy) is 1. The summed E-state index contributed by atoms with van der Waals surface area (Å²) in [6, 6.07) is 21.6. The molecule has 0 aliphatic carbocycles. The van der Waals surface area contributed by atoms with Crippen LogP contribution in [0, 0.1) is 0 Å². The lowest BCUT2D eigenvalue weighted by molar-refractivity contribution is 0.0498. The molecule has 1 aromatic heterocycles. The molecule has 0 radical (unpaired) electrons. The van der Waals surface area contributed by atoms with Gasteiger partial charge in [0.05, 0.1) is 6.04 Å². The second-order valence-corrected chi connectivity index (χ2v) is 7.36. The number of rotatable bonds is 5. The molecule has 1 atom stereocenters. The van der Waals surface area contributed by atoms with Gasteiger partial charge < -0.3 is 14.5 Å². The number of piperazine rings is 1. The third-order valence-corrected chi connectivity index (χ3v) is 5.26. The molecule has 5 nitrogen and oxygen atoms in total. The predicted octanol–water partition coefficient (Wildman–Crippen LogP) is 3.79. The molecule has 2 aromatic carbocycles. The van der Waals surface area contributed by atoms with Gasteiger partial charge in [-0.25, -0.2) is 0 Å². The summed E-state index contributed by atoms with van der Waals surface area (Å²) in [4.78, 5) is 21.6. The zero-order valence-corrected chi connectivity index (χ0v) is 16.6. The molecule has 0 saturated carbocycles. The molecule has 1 amide bonds. The Morgan fingerprint density at radius 3 is 2.55 bits per heavy atom. The van der Waals surface area contributed by atoms with Crippen LogP contribution in [0.5, 0.6) is 5.75 Å². The number of carbonyl (C=O) groups is 1. The lowest BCUT2D eigenvalue weighted by Crippen LogP contribution is -2.49. The maximum absolute atomic E-state index is 13.2. The molecule has 4 rings (SSSR count). The topological polar surface area (TPSA) is 45.7 Å². The van der Waals surface area contributed by atoms with E-state index in [1.807, 2.05) is 59.5 Å². The largest absolute Gasteiger partial charge is 0.489 e. The number of pyridine rings is 1. The normalized spacial score (nSPS) is 17.1. The van der Waals surface area contributed by atoms with Crippen LogP contribution in [-0.4, -0.2) is 47.4 Å². The molecule has 1 fully saturated rings. The molecule has 29 heavy (non-hydrogen) atoms. The van der Waals surface area contributed by atoms with Crippen molar-refractivity contribution in [3.8, 4) is 5.75 Å². The van der Waals surface area contributed by atoms with Gasteiger partial charge in [0.1, 0.15) is 12.4 Å². The molecule has 1 saturated heterocycles. The fourth-order valence-corrected chi connectivity index (χ4v) is 3.63. The molecule has 3 aromatic rings. The Hall–Kier alpha value is -3.18. The molecule has 0 unspecified atom stereocenters. The van der Waals surface area contributed by atoms with Crippen molar-refractivity contribution in [2.75, 3.05) is 26.7 Å². The molecule has 0 N–H and O–H groups in total. The van der Waals surface area contributed by atoms with Gasteiger partial charge in [-0.3, -0.25) is 9.78 Å². The van der Waals surface area contributed by atoms with Crippen molar-refractivity contribution in [1.82, 2.24) is 14.8 Å². The van der Waals surface area contributed by atoms with E-state index in [2.05, 4.69) is 29.1 Å². The van der Waals surface area contributed by atoms with Crippen molar-refractivity contribution in [2.24, 2.45) is 0 Å². The fourth-order valence-electron chi connectivity index (χ4n) is 3.63. The Labute approximate surface area is 171 Å². The number of nitrogens with zero attached hydrogens (tertiary/aromatic N) is 3. The highest BCUT2D eigenvalue weighted by Crippen LogP contribution is 2.27. The van der Waals surface area contributed by atoms with E-state index in [1.165, 1.54) is 5.56 Å². The molecular formula is C24H25N3O2. The van der Waals surface area contributed by atoms with Gasteiger partial charge in [-0.1, -0.05) is 36.4 Å². The number of carbonyl (C=O) groups excluding carboxylic acids is 1. The van der Waals surface area contributed by atoms with Crippen molar-refractivity contribution < 1.29 is 9.53 Å². The standard InChI is InChI=1S/C24H25N3O2/c1-26-14-15-27(23(17-26)20-7-3-2-4-8-20)24(28)21-9-11-22(12-10-21)29-18-19-6-5-13-25-16-19/h2-13,16,23H,14-15,17-18H2,1H3/t23-/m1/s1. The number of likely N-dealkylation sites (N-methyl/N-ethyl adjacent to an activating group) is 1. The van der Waals surface area contributed by atoms with Gasteiger partial charge in [0.2, 0.25) is 0 Å². The highest BCUT2D eigenvalue weighted by Gasteiger charge is 2.30. The Morgan fingerprint density at radius 1 is 1.03 bits per heavy atom. The van der Waals surface area contributed by atoms with Crippen molar-refractivity contribution in [3.05, 3.63) is 95.8 Å². The summed E-state index contributed by atoms with van der Waals surface area (Å²) in [6.07, 6.45) is 3.53. The van der Waals surface area contributed by atoms with E-state index in [0.29, 0.717) is 18.7 Å². The number of hydrogen-bond donors (Lipinski definition) is 0. The second kappa shape index (κ2) is 8.88. The van der Waals surface area contributed by atoms with Crippen LogP contribution in [0.2, 0.25) is 0 Å². The Balaban J connectivity index is 1.46. The third-order valence-electron chi connectivity index (χ3n) is 5.26. The summed E-state index contributed by atoms with van der Waals surface area (Å²) in [6.45, 7) is 2.88. The maximum atomic E-state index is 13.2. The second-order valence-electron chi connectivity index (χ2n) is 7.36. The minimum Gasteiger partial charge on any atom is -0.489 e. The van der Waals surface area contributed by atoms with Gasteiger partial charge >= 0.3 is 0 Å². The summed E-state index contributed by atoms with van der Waals surface area (Å²) in [7, 11) is 2.10. The highest BCUT2D eigenvalue weighted by molar-refractivity contribution is 5.94. The van der Waals surface area contributed by atoms with Gasteiger partial charge in [0.25, 0.3) is 5.91 Å². The van der Waals surface area contributed by atoms with Crippen LogP contribution >= 0.6 is 0 Å². The van der Waals surface area contributed by atoms with Gasteiger partial charge in [0, 0.05) is 43.2 Å². The zero-order chi connectivity index (χ0) is 20.1. The number of benzene rings is 2. The zero-order valence-electron chi connectivity index (χ0n) is 16.6. The lowest BCUT2D eigenvalue weighted by Gasteiger charge is -2.40. The average molecular weight is 387 g/mol. The van der Waals surface area contributed by atoms with E-state index in [0.717, 1.165) is 24.4 Å². The Bertz CT molecular complexity index is 929. The van der Waals surface area contributed by atoms with Crippen LogP contribution < -0.4 is 4.74 Å². The van der Waals surface area contributed by atoms with E-state index in [9.17, 15) is 4.79 Å². The molecule has 5 heteroatoms.